The summed E-state index contributed by atoms with van der Waals surface area (Å²) in [6.07, 6.45) is 0.344. The smallest absolute Gasteiger partial charge is 0.327 e. The molecule has 0 spiro atoms. The molecule has 11 heteroatoms. The molecule has 3 N–H and O–H groups in total. The highest BCUT2D eigenvalue weighted by atomic mass is 31.1. The Morgan fingerprint density at radius 1 is 1.50 bits per heavy atom. The van der Waals surface area contributed by atoms with Gasteiger partial charge in [-0.1, -0.05) is 6.92 Å². The van der Waals surface area contributed by atoms with E-state index in [1.807, 2.05) is 6.92 Å². The zero-order valence-electron chi connectivity index (χ0n) is 13.2. The number of nitrogens with two attached hydrogens (primary N) is 1. The molecular formula is C13H18N5O5P. The maximum absolute atomic E-state index is 10.5. The van der Waals surface area contributed by atoms with Gasteiger partial charge in [-0.25, -0.2) is 9.55 Å². The molecule has 3 rings (SSSR count). The third-order valence-corrected chi connectivity index (χ3v) is 4.39. The molecule has 2 aromatic heterocycles. The predicted octanol–water partition coefficient (Wildman–Crippen LogP) is 0.925. The fourth-order valence-corrected chi connectivity index (χ4v) is 3.20. The lowest BCUT2D eigenvalue weighted by Gasteiger charge is -2.20. The van der Waals surface area contributed by atoms with Crippen LogP contribution in [0.4, 0.5) is 5.95 Å². The Balaban J connectivity index is 2.00. The molecule has 1 aliphatic rings. The van der Waals surface area contributed by atoms with Crippen molar-refractivity contribution in [1.29, 1.82) is 0 Å². The number of fused-ring (bicyclic) bond motifs is 1. The van der Waals surface area contributed by atoms with Crippen molar-refractivity contribution in [2.24, 2.45) is 5.92 Å². The van der Waals surface area contributed by atoms with Gasteiger partial charge < -0.3 is 20.3 Å². The first-order valence-corrected chi connectivity index (χ1v) is 8.15. The number of aliphatic hydroxyl groups is 1. The van der Waals surface area contributed by atoms with Crippen molar-refractivity contribution in [3.8, 4) is 5.88 Å². The molecule has 0 aliphatic carbocycles. The van der Waals surface area contributed by atoms with E-state index >= 15 is 0 Å². The van der Waals surface area contributed by atoms with E-state index in [0.29, 0.717) is 17.6 Å². The Bertz CT molecular complexity index is 741. The van der Waals surface area contributed by atoms with E-state index in [0.717, 1.165) is 0 Å². The van der Waals surface area contributed by atoms with E-state index in [2.05, 4.69) is 15.0 Å². The first-order valence-electron chi connectivity index (χ1n) is 7.42. The summed E-state index contributed by atoms with van der Waals surface area (Å²) in [5, 5.41) is 10.4. The van der Waals surface area contributed by atoms with Crippen molar-refractivity contribution in [3.05, 3.63) is 6.33 Å². The number of methoxy groups -OCH3 is 1. The summed E-state index contributed by atoms with van der Waals surface area (Å²) in [5.41, 5.74) is 6.64. The van der Waals surface area contributed by atoms with Crippen LogP contribution in [0.3, 0.4) is 0 Å². The number of nitrogen functional groups attached to an aromatic ring is 1. The number of ether oxygens (including phenoxy) is 2. The van der Waals surface area contributed by atoms with Crippen LogP contribution in [0, 0.1) is 5.92 Å². The standard InChI is InChI=1S/C13H18N5O5P/c1-3-6-9(19)7(4-22-24-20)23-12(6)18-5-15-8-10(18)16-13(14)17-11(8)21-2/h5-7,9,12,19H,3-4H2,1-2H3,(H2,14,16,17). The molecule has 0 amide bonds. The van der Waals surface area contributed by atoms with Gasteiger partial charge in [0.15, 0.2) is 11.2 Å². The van der Waals surface area contributed by atoms with Gasteiger partial charge in [-0.2, -0.15) is 9.97 Å². The van der Waals surface area contributed by atoms with Gasteiger partial charge in [0.25, 0.3) is 0 Å². The van der Waals surface area contributed by atoms with Crippen LogP contribution in [0.25, 0.3) is 11.2 Å². The third-order valence-electron chi connectivity index (χ3n) is 4.14. The Kier molecular flexibility index (Phi) is 4.91. The van der Waals surface area contributed by atoms with Gasteiger partial charge in [0.1, 0.15) is 12.3 Å². The number of anilines is 1. The number of hydrogen-bond acceptors (Lipinski definition) is 9. The molecule has 2 aromatic rings. The van der Waals surface area contributed by atoms with E-state index in [-0.39, 0.29) is 24.4 Å². The van der Waals surface area contributed by atoms with Crippen LogP contribution >= 0.6 is 8.69 Å². The highest BCUT2D eigenvalue weighted by Gasteiger charge is 2.44. The molecule has 1 fully saturated rings. The van der Waals surface area contributed by atoms with Crippen LogP contribution in [0.5, 0.6) is 5.88 Å². The van der Waals surface area contributed by atoms with Gasteiger partial charge in [0, 0.05) is 5.92 Å². The highest BCUT2D eigenvalue weighted by Crippen LogP contribution is 2.39. The second-order valence-corrected chi connectivity index (χ2v) is 5.82. The summed E-state index contributed by atoms with van der Waals surface area (Å²) in [6, 6.07) is 0. The first-order chi connectivity index (χ1) is 11.6. The normalized spacial score (nSPS) is 27.1. The first kappa shape index (κ1) is 17.0. The summed E-state index contributed by atoms with van der Waals surface area (Å²) in [4.78, 5) is 12.5. The van der Waals surface area contributed by atoms with Crippen molar-refractivity contribution < 1.29 is 23.7 Å². The molecule has 0 bridgehead atoms. The number of rotatable bonds is 6. The molecule has 0 saturated carbocycles. The van der Waals surface area contributed by atoms with Gasteiger partial charge in [-0.3, -0.25) is 9.09 Å². The molecule has 1 aliphatic heterocycles. The van der Waals surface area contributed by atoms with Crippen molar-refractivity contribution in [3.63, 3.8) is 0 Å². The molecule has 24 heavy (non-hydrogen) atoms. The van der Waals surface area contributed by atoms with Gasteiger partial charge in [-0.15, -0.1) is 0 Å². The number of nitrogens with zero attached hydrogens (tertiary/aromatic N) is 4. The van der Waals surface area contributed by atoms with Crippen LogP contribution in [-0.4, -0.2) is 50.6 Å². The second-order valence-electron chi connectivity index (χ2n) is 5.41. The number of aliphatic hydroxyl groups excluding tert-OH is 1. The quantitative estimate of drug-likeness (QED) is 0.725. The number of imidazole rings is 1. The predicted molar refractivity (Wildman–Crippen MR) is 83.5 cm³/mol. The van der Waals surface area contributed by atoms with Crippen molar-refractivity contribution >= 4 is 25.8 Å². The summed E-state index contributed by atoms with van der Waals surface area (Å²) >= 11 is 0. The fraction of sp³-hybridized carbons (Fsp3) is 0.615. The van der Waals surface area contributed by atoms with E-state index in [1.54, 1.807) is 10.9 Å². The Labute approximate surface area is 139 Å². The summed E-state index contributed by atoms with van der Waals surface area (Å²) in [5.74, 6) is 0.118. The highest BCUT2D eigenvalue weighted by molar-refractivity contribution is 7.17. The number of hydrogen-bond donors (Lipinski definition) is 2. The fourth-order valence-electron chi connectivity index (χ4n) is 3.00. The lowest BCUT2D eigenvalue weighted by Crippen LogP contribution is -2.29. The SMILES string of the molecule is CCC1C(O)C(COP=O)OC1n1cnc2c(OC)nc(N)nc21. The Hall–Kier alpha value is -1.87. The van der Waals surface area contributed by atoms with Crippen LogP contribution in [0.1, 0.15) is 19.6 Å². The lowest BCUT2D eigenvalue weighted by atomic mass is 9.97. The largest absolute Gasteiger partial charge is 0.479 e. The zero-order valence-corrected chi connectivity index (χ0v) is 14.1. The maximum atomic E-state index is 10.5. The minimum Gasteiger partial charge on any atom is -0.479 e. The summed E-state index contributed by atoms with van der Waals surface area (Å²) in [7, 11) is 1.02. The van der Waals surface area contributed by atoms with Crippen LogP contribution in [0.2, 0.25) is 0 Å². The molecule has 4 atom stereocenters. The average Bonchev–Trinajstić information content (AvgIpc) is 3.12. The van der Waals surface area contributed by atoms with Gasteiger partial charge in [0.2, 0.25) is 11.8 Å². The van der Waals surface area contributed by atoms with Gasteiger partial charge in [0.05, 0.1) is 26.1 Å². The minimum atomic E-state index is -0.764. The molecule has 4 unspecified atom stereocenters. The molecule has 10 nitrogen and oxygen atoms in total. The van der Waals surface area contributed by atoms with Crippen molar-refractivity contribution in [2.45, 2.75) is 31.8 Å². The monoisotopic (exact) mass is 355 g/mol. The Morgan fingerprint density at radius 3 is 2.96 bits per heavy atom. The van der Waals surface area contributed by atoms with Crippen LogP contribution in [-0.2, 0) is 13.8 Å². The maximum Gasteiger partial charge on any atom is 0.327 e. The van der Waals surface area contributed by atoms with Crippen molar-refractivity contribution in [1.82, 2.24) is 19.5 Å². The molecule has 1 saturated heterocycles. The van der Waals surface area contributed by atoms with E-state index in [4.69, 9.17) is 19.7 Å². The third kappa shape index (κ3) is 2.82. The van der Waals surface area contributed by atoms with E-state index < -0.39 is 27.1 Å². The molecule has 0 radical (unpaired) electrons. The number of aromatic nitrogens is 4. The summed E-state index contributed by atoms with van der Waals surface area (Å²) < 4.78 is 28.1. The van der Waals surface area contributed by atoms with Gasteiger partial charge >= 0.3 is 8.69 Å². The van der Waals surface area contributed by atoms with Crippen LogP contribution < -0.4 is 10.5 Å². The molecule has 0 aromatic carbocycles. The van der Waals surface area contributed by atoms with E-state index in [1.165, 1.54) is 7.11 Å². The minimum absolute atomic E-state index is 0.0201. The lowest BCUT2D eigenvalue weighted by molar-refractivity contribution is -0.0385. The van der Waals surface area contributed by atoms with E-state index in [9.17, 15) is 9.67 Å². The Morgan fingerprint density at radius 2 is 2.29 bits per heavy atom. The zero-order chi connectivity index (χ0) is 17.3. The molecule has 3 heterocycles. The van der Waals surface area contributed by atoms with Crippen molar-refractivity contribution in [2.75, 3.05) is 19.5 Å². The average molecular weight is 355 g/mol. The molecule has 130 valence electrons. The molecular weight excluding hydrogens is 337 g/mol. The second kappa shape index (κ2) is 6.94. The topological polar surface area (TPSA) is 135 Å². The van der Waals surface area contributed by atoms with Gasteiger partial charge in [-0.05, 0) is 6.42 Å². The summed E-state index contributed by atoms with van der Waals surface area (Å²) in [6.45, 7) is 1.97. The van der Waals surface area contributed by atoms with Crippen LogP contribution in [0.15, 0.2) is 6.33 Å².